The van der Waals surface area contributed by atoms with Gasteiger partial charge in [0.05, 0.1) is 16.7 Å². The van der Waals surface area contributed by atoms with E-state index in [1.54, 1.807) is 6.92 Å². The molecule has 1 heterocycles. The summed E-state index contributed by atoms with van der Waals surface area (Å²) in [6.45, 7) is 12.8. The van der Waals surface area contributed by atoms with Crippen LogP contribution in [0, 0.1) is 10.8 Å². The maximum atomic E-state index is 12.6. The Hall–Kier alpha value is -1.48. The van der Waals surface area contributed by atoms with E-state index in [1.807, 2.05) is 12.1 Å². The summed E-state index contributed by atoms with van der Waals surface area (Å²) in [5.41, 5.74) is -0.0968. The first-order chi connectivity index (χ1) is 18.9. The Kier molecular flexibility index (Phi) is 12.1. The van der Waals surface area contributed by atoms with Gasteiger partial charge >= 0.3 is 7.12 Å². The summed E-state index contributed by atoms with van der Waals surface area (Å²) in [5, 5.41) is 11.5. The molecule has 0 spiro atoms. The monoisotopic (exact) mass is 575 g/mol. The fraction of sp³-hybridized carbons (Fsp3) is 0.774. The predicted molar refractivity (Wildman–Crippen MR) is 164 cm³/mol. The minimum atomic E-state index is -0.625. The van der Waals surface area contributed by atoms with Crippen LogP contribution in [0.5, 0.6) is 0 Å². The van der Waals surface area contributed by atoms with Gasteiger partial charge in [-0.15, -0.1) is 0 Å². The summed E-state index contributed by atoms with van der Waals surface area (Å²) in [6, 6.07) is 7.93. The molecule has 2 aliphatic rings. The van der Waals surface area contributed by atoms with Gasteiger partial charge in [-0.25, -0.2) is 0 Å². The van der Waals surface area contributed by atoms with Crippen LogP contribution in [0.15, 0.2) is 29.4 Å². The van der Waals surface area contributed by atoms with Crippen molar-refractivity contribution in [3.8, 4) is 0 Å². The number of amides is 1. The van der Waals surface area contributed by atoms with Crippen molar-refractivity contribution in [2.75, 3.05) is 0 Å². The second-order valence-electron chi connectivity index (χ2n) is 13.0. The Balaban J connectivity index is 1.66. The highest BCUT2D eigenvalue weighted by Crippen LogP contribution is 2.42. The smallest absolute Gasteiger partial charge is 0.403 e. The molecule has 0 bridgehead atoms. The number of hydrogen-bond acceptors (Lipinski definition) is 6. The molecule has 2 fully saturated rings. The third kappa shape index (κ3) is 8.53. The molecule has 1 aliphatic heterocycles. The molecule has 3 rings (SSSR count). The van der Waals surface area contributed by atoms with E-state index in [1.165, 1.54) is 5.56 Å². The van der Waals surface area contributed by atoms with Crippen molar-refractivity contribution in [1.29, 1.82) is 0 Å². The molecule has 1 aromatic rings. The normalized spacial score (nSPS) is 24.3. The van der Waals surface area contributed by atoms with Gasteiger partial charge in [0.25, 0.3) is 0 Å². The standard InChI is InChI=1S/C31H51BClN3O4/c1-7-8-11-28(36-38)31(35-23(2)37,20-9-10-21-32-39-29(3,4)30(5,6)40-32)25-14-18-27(19-15-25)34-22-24-12-16-26(33)17-13-24/h12-13,16-17,25,27-28,34H,7-11,14-15,18-22H2,1-6H3,(H,35,37). The molecule has 0 radical (unpaired) electrons. The molecule has 1 aliphatic carbocycles. The summed E-state index contributed by atoms with van der Waals surface area (Å²) in [7, 11) is -0.234. The van der Waals surface area contributed by atoms with Gasteiger partial charge in [0.1, 0.15) is 6.04 Å². The number of hydrogen-bond donors (Lipinski definition) is 2. The molecular formula is C31H51BClN3O4. The average molecular weight is 576 g/mol. The number of halogens is 1. The number of unbranched alkanes of at least 4 members (excludes halogenated alkanes) is 2. The van der Waals surface area contributed by atoms with Crippen molar-refractivity contribution in [3.05, 3.63) is 39.8 Å². The second kappa shape index (κ2) is 14.6. The molecule has 224 valence electrons. The number of carbonyl (C=O) groups excluding carboxylic acids is 1. The molecule has 0 aromatic heterocycles. The fourth-order valence-electron chi connectivity index (χ4n) is 6.51. The van der Waals surface area contributed by atoms with E-state index < -0.39 is 11.6 Å². The Bertz CT molecular complexity index is 936. The third-order valence-electron chi connectivity index (χ3n) is 9.51. The van der Waals surface area contributed by atoms with E-state index >= 15 is 0 Å². The molecule has 2 unspecified atom stereocenters. The van der Waals surface area contributed by atoms with Gasteiger partial charge in [0.15, 0.2) is 0 Å². The van der Waals surface area contributed by atoms with Gasteiger partial charge in [-0.3, -0.25) is 4.79 Å². The first-order valence-electron chi connectivity index (χ1n) is 15.4. The zero-order valence-corrected chi connectivity index (χ0v) is 26.3. The van der Waals surface area contributed by atoms with Crippen LogP contribution in [0.4, 0.5) is 0 Å². The molecule has 2 atom stereocenters. The zero-order chi connectivity index (χ0) is 29.4. The lowest BCUT2D eigenvalue weighted by Crippen LogP contribution is -2.61. The van der Waals surface area contributed by atoms with Crippen molar-refractivity contribution >= 4 is 24.6 Å². The van der Waals surface area contributed by atoms with Crippen LogP contribution in [0.1, 0.15) is 111 Å². The van der Waals surface area contributed by atoms with Crippen molar-refractivity contribution in [2.24, 2.45) is 11.1 Å². The maximum absolute atomic E-state index is 12.6. The van der Waals surface area contributed by atoms with Crippen molar-refractivity contribution in [2.45, 2.75) is 147 Å². The summed E-state index contributed by atoms with van der Waals surface area (Å²) >= 11 is 6.03. The summed E-state index contributed by atoms with van der Waals surface area (Å²) in [4.78, 5) is 25.0. The first kappa shape index (κ1) is 33.0. The number of carbonyl (C=O) groups is 1. The van der Waals surface area contributed by atoms with Crippen LogP contribution in [-0.2, 0) is 20.6 Å². The summed E-state index contributed by atoms with van der Waals surface area (Å²) < 4.78 is 12.4. The molecule has 1 amide bonds. The van der Waals surface area contributed by atoms with Crippen molar-refractivity contribution in [1.82, 2.24) is 10.6 Å². The van der Waals surface area contributed by atoms with Gasteiger partial charge in [0, 0.05) is 24.5 Å². The lowest BCUT2D eigenvalue weighted by Gasteiger charge is -2.47. The van der Waals surface area contributed by atoms with E-state index in [0.717, 1.165) is 75.7 Å². The van der Waals surface area contributed by atoms with Gasteiger partial charge in [0.2, 0.25) is 5.91 Å². The lowest BCUT2D eigenvalue weighted by atomic mass is 9.66. The summed E-state index contributed by atoms with van der Waals surface area (Å²) in [5.74, 6) is 0.125. The van der Waals surface area contributed by atoms with Crippen LogP contribution in [0.25, 0.3) is 0 Å². The number of nitroso groups, excluding NO2 is 1. The van der Waals surface area contributed by atoms with Crippen LogP contribution in [0.2, 0.25) is 11.3 Å². The molecule has 1 saturated heterocycles. The van der Waals surface area contributed by atoms with Gasteiger partial charge < -0.3 is 19.9 Å². The molecule has 40 heavy (non-hydrogen) atoms. The highest BCUT2D eigenvalue weighted by atomic mass is 35.5. The average Bonchev–Trinajstić information content (AvgIpc) is 3.12. The van der Waals surface area contributed by atoms with E-state index in [4.69, 9.17) is 20.9 Å². The van der Waals surface area contributed by atoms with Gasteiger partial charge in [-0.2, -0.15) is 4.91 Å². The van der Waals surface area contributed by atoms with E-state index in [-0.39, 0.29) is 30.1 Å². The number of nitrogens with one attached hydrogen (secondary N) is 2. The van der Waals surface area contributed by atoms with Crippen LogP contribution >= 0.6 is 11.6 Å². The molecular weight excluding hydrogens is 525 g/mol. The quantitative estimate of drug-likeness (QED) is 0.129. The van der Waals surface area contributed by atoms with Crippen LogP contribution in [-0.4, -0.2) is 41.9 Å². The Labute approximate surface area is 247 Å². The topological polar surface area (TPSA) is 89.0 Å². The molecule has 2 N–H and O–H groups in total. The van der Waals surface area contributed by atoms with Crippen molar-refractivity contribution in [3.63, 3.8) is 0 Å². The first-order valence-corrected chi connectivity index (χ1v) is 15.7. The van der Waals surface area contributed by atoms with Gasteiger partial charge in [-0.1, -0.05) is 61.5 Å². The minimum Gasteiger partial charge on any atom is -0.403 e. The summed E-state index contributed by atoms with van der Waals surface area (Å²) in [6.07, 6.45) is 9.83. The Morgan fingerprint density at radius 3 is 2.25 bits per heavy atom. The Morgan fingerprint density at radius 2 is 1.70 bits per heavy atom. The van der Waals surface area contributed by atoms with E-state index in [2.05, 4.69) is 62.6 Å². The highest BCUT2D eigenvalue weighted by molar-refractivity contribution is 6.45. The number of nitrogens with zero attached hydrogens (tertiary/aromatic N) is 1. The minimum absolute atomic E-state index is 0.0842. The lowest BCUT2D eigenvalue weighted by molar-refractivity contribution is -0.122. The molecule has 9 heteroatoms. The van der Waals surface area contributed by atoms with Crippen LogP contribution in [0.3, 0.4) is 0 Å². The van der Waals surface area contributed by atoms with Gasteiger partial charge in [-0.05, 0) is 96.2 Å². The SMILES string of the molecule is CCCCC(N=O)C(CCCCB1OC(C)(C)C(C)(C)O1)(NC(C)=O)C1CCC(NCc2ccc(Cl)cc2)CC1. The van der Waals surface area contributed by atoms with Crippen LogP contribution < -0.4 is 10.6 Å². The molecule has 1 aromatic carbocycles. The number of rotatable bonds is 15. The molecule has 7 nitrogen and oxygen atoms in total. The van der Waals surface area contributed by atoms with Crippen molar-refractivity contribution < 1.29 is 14.1 Å². The van der Waals surface area contributed by atoms with E-state index in [9.17, 15) is 9.70 Å². The maximum Gasteiger partial charge on any atom is 0.457 e. The largest absolute Gasteiger partial charge is 0.457 e. The third-order valence-corrected chi connectivity index (χ3v) is 9.76. The number of benzene rings is 1. The fourth-order valence-corrected chi connectivity index (χ4v) is 6.63. The zero-order valence-electron chi connectivity index (χ0n) is 25.6. The molecule has 1 saturated carbocycles. The predicted octanol–water partition coefficient (Wildman–Crippen LogP) is 7.45. The second-order valence-corrected chi connectivity index (χ2v) is 13.4. The highest BCUT2D eigenvalue weighted by Gasteiger charge is 2.51. The Morgan fingerprint density at radius 1 is 1.07 bits per heavy atom. The van der Waals surface area contributed by atoms with E-state index in [0.29, 0.717) is 12.5 Å².